The van der Waals surface area contributed by atoms with Crippen LogP contribution in [0, 0.1) is 0 Å². The molecule has 0 radical (unpaired) electrons. The summed E-state index contributed by atoms with van der Waals surface area (Å²) >= 11 is 0. The first-order valence-electron chi connectivity index (χ1n) is 3.79. The summed E-state index contributed by atoms with van der Waals surface area (Å²) in [6, 6.07) is 0. The molecule has 0 saturated carbocycles. The van der Waals surface area contributed by atoms with Gasteiger partial charge in [-0.05, 0) is 0 Å². The molecule has 4 heteroatoms. The minimum absolute atomic E-state index is 0.244. The first kappa shape index (κ1) is 6.55. The van der Waals surface area contributed by atoms with Crippen LogP contribution in [-0.4, -0.2) is 11.8 Å². The average molecular weight is 184 g/mol. The van der Waals surface area contributed by atoms with Crippen LogP contribution in [-0.2, 0) is 13.6 Å². The molecule has 0 unspecified atom stereocenters. The zero-order valence-electron chi connectivity index (χ0n) is 6.64. The van der Waals surface area contributed by atoms with Crippen LogP contribution >= 0.6 is 7.28 Å². The summed E-state index contributed by atoms with van der Waals surface area (Å²) in [6.45, 7) is 1.92. The van der Waals surface area contributed by atoms with E-state index < -0.39 is 7.28 Å². The van der Waals surface area contributed by atoms with Gasteiger partial charge in [0.1, 0.15) is 0 Å². The molecule has 0 spiro atoms. The second kappa shape index (κ2) is 1.42. The van der Waals surface area contributed by atoms with Gasteiger partial charge in [0.2, 0.25) is 0 Å². The monoisotopic (exact) mass is 184 g/mol. The molecule has 64 valence electrons. The molecule has 12 heavy (non-hydrogen) atoms. The van der Waals surface area contributed by atoms with E-state index in [0.717, 1.165) is 0 Å². The van der Waals surface area contributed by atoms with Crippen molar-refractivity contribution >= 4 is 7.28 Å². The number of hydrogen-bond donors (Lipinski definition) is 0. The Morgan fingerprint density at radius 2 is 1.33 bits per heavy atom. The Bertz CT molecular complexity index is 296. The molecule has 0 fully saturated rings. The van der Waals surface area contributed by atoms with Crippen molar-refractivity contribution in [3.8, 4) is 0 Å². The molecule has 0 aromatic rings. The molecule has 3 nitrogen and oxygen atoms in total. The summed E-state index contributed by atoms with van der Waals surface area (Å²) < 4.78 is 16.6. The van der Waals surface area contributed by atoms with E-state index in [2.05, 4.69) is 0 Å². The molecular formula is C8H9O3P. The Balaban J connectivity index is 2.31. The standard InChI is InChI=1S/C8H9O3P/c1-12-8(2-5-9-12,3-6-10-12)4-7-11-12/h2-7H,1H3. The van der Waals surface area contributed by atoms with E-state index in [1.165, 1.54) is 0 Å². The van der Waals surface area contributed by atoms with Crippen molar-refractivity contribution in [2.75, 3.05) is 6.66 Å². The Kier molecular flexibility index (Phi) is 0.777. The van der Waals surface area contributed by atoms with Crippen LogP contribution in [0.5, 0.6) is 0 Å². The maximum atomic E-state index is 5.55. The quantitative estimate of drug-likeness (QED) is 0.540. The van der Waals surface area contributed by atoms with Gasteiger partial charge in [-0.3, -0.25) is 0 Å². The van der Waals surface area contributed by atoms with Crippen molar-refractivity contribution in [3.63, 3.8) is 0 Å². The third kappa shape index (κ3) is 0.405. The van der Waals surface area contributed by atoms with Gasteiger partial charge in [-0.1, -0.05) is 0 Å². The van der Waals surface area contributed by atoms with Crippen molar-refractivity contribution in [2.24, 2.45) is 0 Å². The summed E-state index contributed by atoms with van der Waals surface area (Å²) in [5.41, 5.74) is 0. The molecule has 0 aromatic heterocycles. The molecular weight excluding hydrogens is 175 g/mol. The second-order valence-electron chi connectivity index (χ2n) is 3.38. The zero-order chi connectivity index (χ0) is 8.31. The number of hydrogen-bond acceptors (Lipinski definition) is 3. The van der Waals surface area contributed by atoms with Crippen molar-refractivity contribution < 1.29 is 13.6 Å². The zero-order valence-corrected chi connectivity index (χ0v) is 7.53. The van der Waals surface area contributed by atoms with Crippen LogP contribution in [0.1, 0.15) is 0 Å². The van der Waals surface area contributed by atoms with E-state index in [0.29, 0.717) is 0 Å². The van der Waals surface area contributed by atoms with Crippen LogP contribution < -0.4 is 0 Å². The predicted octanol–water partition coefficient (Wildman–Crippen LogP) is 2.29. The number of rotatable bonds is 0. The Morgan fingerprint density at radius 1 is 0.917 bits per heavy atom. The van der Waals surface area contributed by atoms with Gasteiger partial charge in [0.05, 0.1) is 0 Å². The van der Waals surface area contributed by atoms with Gasteiger partial charge in [0.15, 0.2) is 0 Å². The molecule has 0 aliphatic carbocycles. The molecule has 0 saturated heterocycles. The van der Waals surface area contributed by atoms with Crippen LogP contribution in [0.4, 0.5) is 0 Å². The summed E-state index contributed by atoms with van der Waals surface area (Å²) in [5, 5.41) is -0.244. The number of allylic oxidation sites excluding steroid dienone is 3. The van der Waals surface area contributed by atoms with Crippen LogP contribution in [0.3, 0.4) is 0 Å². The fourth-order valence-electron chi connectivity index (χ4n) is 1.85. The van der Waals surface area contributed by atoms with Gasteiger partial charge < -0.3 is 0 Å². The predicted molar refractivity (Wildman–Crippen MR) is 46.3 cm³/mol. The van der Waals surface area contributed by atoms with Gasteiger partial charge in [-0.2, -0.15) is 0 Å². The van der Waals surface area contributed by atoms with Crippen molar-refractivity contribution in [1.29, 1.82) is 0 Å². The summed E-state index contributed by atoms with van der Waals surface area (Å²) in [7, 11) is -2.89. The van der Waals surface area contributed by atoms with Gasteiger partial charge in [0.25, 0.3) is 0 Å². The van der Waals surface area contributed by atoms with E-state index in [1.54, 1.807) is 18.8 Å². The molecule has 3 aliphatic rings. The van der Waals surface area contributed by atoms with Gasteiger partial charge in [0, 0.05) is 0 Å². The third-order valence-electron chi connectivity index (χ3n) is 2.78. The van der Waals surface area contributed by atoms with Crippen LogP contribution in [0.2, 0.25) is 0 Å². The molecule has 0 aromatic carbocycles. The third-order valence-corrected chi connectivity index (χ3v) is 6.78. The van der Waals surface area contributed by atoms with Crippen molar-refractivity contribution in [1.82, 2.24) is 0 Å². The topological polar surface area (TPSA) is 27.7 Å². The Morgan fingerprint density at radius 3 is 1.67 bits per heavy atom. The molecule has 3 heterocycles. The van der Waals surface area contributed by atoms with Crippen LogP contribution in [0.15, 0.2) is 37.0 Å². The molecule has 0 N–H and O–H groups in total. The maximum absolute atomic E-state index is 5.55. The van der Waals surface area contributed by atoms with E-state index in [9.17, 15) is 0 Å². The Labute approximate surface area is 70.5 Å². The van der Waals surface area contributed by atoms with Crippen LogP contribution in [0.25, 0.3) is 0 Å². The van der Waals surface area contributed by atoms with E-state index in [1.807, 2.05) is 24.9 Å². The van der Waals surface area contributed by atoms with E-state index in [4.69, 9.17) is 13.6 Å². The second-order valence-corrected chi connectivity index (χ2v) is 7.33. The van der Waals surface area contributed by atoms with E-state index >= 15 is 0 Å². The summed E-state index contributed by atoms with van der Waals surface area (Å²) in [6.07, 6.45) is 11.0. The van der Waals surface area contributed by atoms with Crippen molar-refractivity contribution in [3.05, 3.63) is 37.0 Å². The first-order chi connectivity index (χ1) is 5.68. The summed E-state index contributed by atoms with van der Waals surface area (Å²) in [4.78, 5) is 0. The normalized spacial score (nSPS) is 44.9. The molecule has 0 amide bonds. The van der Waals surface area contributed by atoms with Crippen molar-refractivity contribution in [2.45, 2.75) is 5.16 Å². The molecule has 0 atom stereocenters. The van der Waals surface area contributed by atoms with Gasteiger partial charge in [-0.25, -0.2) is 0 Å². The molecule has 3 aliphatic heterocycles. The summed E-state index contributed by atoms with van der Waals surface area (Å²) in [5.74, 6) is 0. The Hall–Kier alpha value is -0.950. The first-order valence-corrected chi connectivity index (χ1v) is 6.23. The van der Waals surface area contributed by atoms with Gasteiger partial charge in [-0.15, -0.1) is 0 Å². The average Bonchev–Trinajstić information content (AvgIpc) is 2.43. The van der Waals surface area contributed by atoms with Gasteiger partial charge >= 0.3 is 69.7 Å². The fraction of sp³-hybridized carbons (Fsp3) is 0.250. The SMILES string of the molecule is CP123OC=CC1(C=CO2)C=CO3. The van der Waals surface area contributed by atoms with E-state index in [-0.39, 0.29) is 5.16 Å². The molecule has 3 rings (SSSR count). The minimum atomic E-state index is -2.89. The molecule has 0 bridgehead atoms. The fourth-order valence-corrected chi connectivity index (χ4v) is 4.76.